The molecular weight excluding hydrogens is 160 g/mol. The molecule has 0 amide bonds. The average molecular weight is 176 g/mol. The van der Waals surface area contributed by atoms with Gasteiger partial charge in [0.2, 0.25) is 0 Å². The molecule has 0 unspecified atom stereocenters. The summed E-state index contributed by atoms with van der Waals surface area (Å²) in [5.74, 6) is -1.92. The lowest BCUT2D eigenvalue weighted by Crippen LogP contribution is -2.03. The Morgan fingerprint density at radius 2 is 2.17 bits per heavy atom. The van der Waals surface area contributed by atoms with Crippen LogP contribution in [0.25, 0.3) is 0 Å². The van der Waals surface area contributed by atoms with Crippen LogP contribution >= 0.6 is 0 Å². The van der Waals surface area contributed by atoms with Crippen LogP contribution in [0.4, 0.5) is 0 Å². The lowest BCUT2D eigenvalue weighted by molar-refractivity contribution is -0.143. The SMILES string of the molecule is [2H]C([2H])(CCCC(=O)OCC)C(=O)O. The summed E-state index contributed by atoms with van der Waals surface area (Å²) in [5.41, 5.74) is 0. The third-order valence-electron chi connectivity index (χ3n) is 1.14. The van der Waals surface area contributed by atoms with Crippen LogP contribution in [-0.4, -0.2) is 23.7 Å². The van der Waals surface area contributed by atoms with Gasteiger partial charge in [0.05, 0.1) is 6.61 Å². The van der Waals surface area contributed by atoms with Crippen molar-refractivity contribution in [3.63, 3.8) is 0 Å². The smallest absolute Gasteiger partial charge is 0.305 e. The van der Waals surface area contributed by atoms with Crippen LogP contribution in [0, 0.1) is 0 Å². The van der Waals surface area contributed by atoms with Crippen LogP contribution in [0.1, 0.15) is 35.3 Å². The van der Waals surface area contributed by atoms with Gasteiger partial charge in [0.15, 0.2) is 0 Å². The summed E-state index contributed by atoms with van der Waals surface area (Å²) in [7, 11) is 0. The molecule has 0 aromatic heterocycles. The van der Waals surface area contributed by atoms with Crippen molar-refractivity contribution >= 4 is 11.9 Å². The minimum absolute atomic E-state index is 0.0562. The van der Waals surface area contributed by atoms with Crippen molar-refractivity contribution in [2.75, 3.05) is 6.61 Å². The van der Waals surface area contributed by atoms with E-state index in [0.29, 0.717) is 0 Å². The molecule has 4 nitrogen and oxygen atoms in total. The highest BCUT2D eigenvalue weighted by Crippen LogP contribution is 2.00. The van der Waals surface area contributed by atoms with Gasteiger partial charge < -0.3 is 9.84 Å². The number of hydrogen-bond donors (Lipinski definition) is 1. The number of ether oxygens (including phenoxy) is 1. The molecule has 0 fully saturated rings. The Morgan fingerprint density at radius 1 is 1.50 bits per heavy atom. The van der Waals surface area contributed by atoms with E-state index in [-0.39, 0.29) is 25.9 Å². The minimum Gasteiger partial charge on any atom is -0.481 e. The Hall–Kier alpha value is -1.06. The number of carbonyl (C=O) groups is 2. The van der Waals surface area contributed by atoms with Crippen LogP contribution in [0.2, 0.25) is 0 Å². The van der Waals surface area contributed by atoms with Crippen LogP contribution in [-0.2, 0) is 14.3 Å². The Bertz CT molecular complexity index is 215. The molecule has 0 aliphatic carbocycles. The Labute approximate surface area is 74.3 Å². The van der Waals surface area contributed by atoms with Crippen molar-refractivity contribution in [1.82, 2.24) is 0 Å². The number of rotatable bonds is 6. The van der Waals surface area contributed by atoms with E-state index in [1.54, 1.807) is 6.92 Å². The molecule has 0 aliphatic heterocycles. The standard InChI is InChI=1S/C8H14O4/c1-2-12-8(11)6-4-3-5-7(9)10/h2-6H2,1H3,(H,9,10)/i5D2. The van der Waals surface area contributed by atoms with Gasteiger partial charge in [-0.3, -0.25) is 9.59 Å². The monoisotopic (exact) mass is 176 g/mol. The molecule has 0 bridgehead atoms. The molecule has 0 saturated heterocycles. The molecule has 0 atom stereocenters. The molecule has 0 heterocycles. The van der Waals surface area contributed by atoms with Crippen molar-refractivity contribution in [2.24, 2.45) is 0 Å². The number of esters is 1. The first kappa shape index (κ1) is 7.58. The molecule has 0 rings (SSSR count). The number of hydrogen-bond acceptors (Lipinski definition) is 3. The molecule has 0 radical (unpaired) electrons. The largest absolute Gasteiger partial charge is 0.481 e. The highest BCUT2D eigenvalue weighted by atomic mass is 16.5. The zero-order valence-corrected chi connectivity index (χ0v) is 7.00. The van der Waals surface area contributed by atoms with Crippen LogP contribution < -0.4 is 0 Å². The zero-order valence-electron chi connectivity index (χ0n) is 9.00. The fraction of sp³-hybridized carbons (Fsp3) is 0.750. The second-order valence-electron chi connectivity index (χ2n) is 2.14. The van der Waals surface area contributed by atoms with Gasteiger partial charge in [-0.1, -0.05) is 0 Å². The fourth-order valence-corrected chi connectivity index (χ4v) is 0.661. The fourth-order valence-electron chi connectivity index (χ4n) is 0.661. The lowest BCUT2D eigenvalue weighted by Gasteiger charge is -1.99. The predicted octanol–water partition coefficient (Wildman–Crippen LogP) is 1.19. The van der Waals surface area contributed by atoms with Gasteiger partial charge in [-0.15, -0.1) is 0 Å². The molecular formula is C8H14O4. The van der Waals surface area contributed by atoms with Gasteiger partial charge >= 0.3 is 11.9 Å². The maximum Gasteiger partial charge on any atom is 0.305 e. The number of carboxylic acids is 1. The zero-order chi connectivity index (χ0) is 11.2. The summed E-state index contributed by atoms with van der Waals surface area (Å²) in [6.45, 7) is 1.96. The first-order valence-electron chi connectivity index (χ1n) is 4.79. The van der Waals surface area contributed by atoms with E-state index in [1.807, 2.05) is 0 Å². The van der Waals surface area contributed by atoms with Crippen molar-refractivity contribution in [3.05, 3.63) is 0 Å². The van der Waals surface area contributed by atoms with E-state index in [9.17, 15) is 9.59 Å². The van der Waals surface area contributed by atoms with Gasteiger partial charge in [0.25, 0.3) is 0 Å². The van der Waals surface area contributed by atoms with E-state index in [1.165, 1.54) is 0 Å². The van der Waals surface area contributed by atoms with E-state index in [2.05, 4.69) is 4.74 Å². The van der Waals surface area contributed by atoms with Gasteiger partial charge in [-0.25, -0.2) is 0 Å². The molecule has 12 heavy (non-hydrogen) atoms. The third kappa shape index (κ3) is 7.05. The molecule has 0 aromatic carbocycles. The van der Waals surface area contributed by atoms with E-state index in [4.69, 9.17) is 7.85 Å². The quantitative estimate of drug-likeness (QED) is 0.617. The number of carbonyl (C=O) groups excluding carboxylic acids is 1. The molecule has 0 aromatic rings. The molecule has 0 spiro atoms. The third-order valence-corrected chi connectivity index (χ3v) is 1.14. The summed E-state index contributed by atoms with van der Waals surface area (Å²) in [5, 5.41) is 8.42. The van der Waals surface area contributed by atoms with Gasteiger partial charge in [0.1, 0.15) is 0 Å². The second kappa shape index (κ2) is 6.64. The van der Waals surface area contributed by atoms with Gasteiger partial charge in [-0.2, -0.15) is 0 Å². The summed E-state index contributed by atoms with van der Waals surface area (Å²) >= 11 is 0. The maximum atomic E-state index is 10.8. The Balaban J connectivity index is 3.74. The van der Waals surface area contributed by atoms with Crippen LogP contribution in [0.15, 0.2) is 0 Å². The first-order valence-corrected chi connectivity index (χ1v) is 3.79. The van der Waals surface area contributed by atoms with E-state index in [0.717, 1.165) is 0 Å². The predicted molar refractivity (Wildman–Crippen MR) is 42.7 cm³/mol. The second-order valence-corrected chi connectivity index (χ2v) is 2.14. The number of aliphatic carboxylic acids is 1. The van der Waals surface area contributed by atoms with E-state index >= 15 is 0 Å². The highest BCUT2D eigenvalue weighted by molar-refractivity contribution is 5.69. The molecule has 0 saturated carbocycles. The van der Waals surface area contributed by atoms with Crippen molar-refractivity contribution in [2.45, 2.75) is 32.6 Å². The minimum atomic E-state index is -2.26. The lowest BCUT2D eigenvalue weighted by atomic mass is 10.2. The molecule has 1 N–H and O–H groups in total. The summed E-state index contributed by atoms with van der Waals surface area (Å²) in [6, 6.07) is 0. The van der Waals surface area contributed by atoms with Gasteiger partial charge in [-0.05, 0) is 19.8 Å². The normalized spacial score (nSPS) is 13.1. The summed E-state index contributed by atoms with van der Waals surface area (Å²) in [6.07, 6.45) is -2.20. The van der Waals surface area contributed by atoms with Crippen molar-refractivity contribution in [1.29, 1.82) is 0 Å². The molecule has 0 aliphatic rings. The van der Waals surface area contributed by atoms with Crippen molar-refractivity contribution < 1.29 is 22.2 Å². The summed E-state index contributed by atoms with van der Waals surface area (Å²) in [4.78, 5) is 21.1. The Kier molecular flexibility index (Phi) is 4.19. The topological polar surface area (TPSA) is 63.6 Å². The number of carboxylic acid groups (broad SMARTS) is 1. The van der Waals surface area contributed by atoms with Crippen LogP contribution in [0.5, 0.6) is 0 Å². The van der Waals surface area contributed by atoms with E-state index < -0.39 is 18.3 Å². The first-order chi connectivity index (χ1) is 6.40. The molecule has 70 valence electrons. The maximum absolute atomic E-state index is 10.8. The van der Waals surface area contributed by atoms with Gasteiger partial charge in [0, 0.05) is 15.5 Å². The van der Waals surface area contributed by atoms with Crippen molar-refractivity contribution in [3.8, 4) is 0 Å². The molecule has 4 heteroatoms. The van der Waals surface area contributed by atoms with Crippen LogP contribution in [0.3, 0.4) is 0 Å². The highest BCUT2D eigenvalue weighted by Gasteiger charge is 2.02. The average Bonchev–Trinajstić information content (AvgIpc) is 2.04. The Morgan fingerprint density at radius 3 is 2.67 bits per heavy atom. The summed E-state index contributed by atoms with van der Waals surface area (Å²) < 4.78 is 18.7.